The van der Waals surface area contributed by atoms with Crippen LogP contribution in [0.15, 0.2) is 18.2 Å². The fourth-order valence-electron chi connectivity index (χ4n) is 4.76. The van der Waals surface area contributed by atoms with Gasteiger partial charge in [0.2, 0.25) is 0 Å². The van der Waals surface area contributed by atoms with Crippen LogP contribution in [0.3, 0.4) is 0 Å². The average Bonchev–Trinajstić information content (AvgIpc) is 3.18. The number of fused-ring (bicyclic) bond motifs is 3. The predicted molar refractivity (Wildman–Crippen MR) is 97.0 cm³/mol. The molecule has 2 bridgehead atoms. The van der Waals surface area contributed by atoms with E-state index >= 15 is 0 Å². The molecule has 1 aromatic carbocycles. The van der Waals surface area contributed by atoms with Crippen molar-refractivity contribution in [1.82, 2.24) is 14.9 Å². The first-order chi connectivity index (χ1) is 12.4. The number of aromatic nitrogens is 2. The Morgan fingerprint density at radius 1 is 1.19 bits per heavy atom. The number of rotatable bonds is 3. The third kappa shape index (κ3) is 2.24. The zero-order valence-electron chi connectivity index (χ0n) is 15.3. The molecule has 3 heterocycles. The molecule has 0 spiro atoms. The average molecular weight is 353 g/mol. The van der Waals surface area contributed by atoms with Crippen molar-refractivity contribution >= 4 is 22.9 Å². The molecule has 0 saturated carbocycles. The summed E-state index contributed by atoms with van der Waals surface area (Å²) in [5.74, 6) is -0.864. The van der Waals surface area contributed by atoms with Crippen LogP contribution < -0.4 is 0 Å². The fourth-order valence-corrected chi connectivity index (χ4v) is 4.76. The number of carbonyl (C=O) groups excluding carboxylic acids is 1. The van der Waals surface area contributed by atoms with Gasteiger partial charge >= 0.3 is 5.97 Å². The molecule has 2 saturated heterocycles. The lowest BCUT2D eigenvalue weighted by Gasteiger charge is -2.32. The molecule has 2 aromatic rings. The largest absolute Gasteiger partial charge is 0.481 e. The monoisotopic (exact) mass is 353 g/mol. The van der Waals surface area contributed by atoms with E-state index in [-0.39, 0.29) is 18.0 Å². The maximum atomic E-state index is 13.2. The molecule has 2 aliphatic heterocycles. The molecule has 1 amide bonds. The van der Waals surface area contributed by atoms with Crippen LogP contribution in [0.4, 0.5) is 0 Å². The van der Waals surface area contributed by atoms with Crippen molar-refractivity contribution in [1.29, 1.82) is 0 Å². The standard InChI is InChI=1S/C20H23N3O3/c1-4-20(19(25)26)10-14-6-8-17(20)23(14)18(24)13-5-7-15-16(9-13)22-12(3)11(2)21-15/h5,7,9,14,17H,4,6,8,10H2,1-3H3,(H,25,26)/t14-,17+,20+/m0/s1. The lowest BCUT2D eigenvalue weighted by molar-refractivity contribution is -0.151. The minimum Gasteiger partial charge on any atom is -0.481 e. The maximum absolute atomic E-state index is 13.2. The van der Waals surface area contributed by atoms with Crippen LogP contribution in [0.5, 0.6) is 0 Å². The van der Waals surface area contributed by atoms with Crippen molar-refractivity contribution in [2.75, 3.05) is 0 Å². The third-order valence-electron chi connectivity index (χ3n) is 6.35. The molecule has 2 aliphatic rings. The first-order valence-electron chi connectivity index (χ1n) is 9.18. The molecule has 6 nitrogen and oxygen atoms in total. The van der Waals surface area contributed by atoms with Gasteiger partial charge in [-0.05, 0) is 57.7 Å². The number of aryl methyl sites for hydroxylation is 2. The van der Waals surface area contributed by atoms with Gasteiger partial charge in [0.1, 0.15) is 0 Å². The Labute approximate surface area is 152 Å². The number of benzene rings is 1. The highest BCUT2D eigenvalue weighted by Crippen LogP contribution is 2.52. The van der Waals surface area contributed by atoms with Gasteiger partial charge in [-0.3, -0.25) is 9.59 Å². The van der Waals surface area contributed by atoms with Crippen LogP contribution in [0.25, 0.3) is 11.0 Å². The van der Waals surface area contributed by atoms with E-state index in [1.807, 2.05) is 31.7 Å². The smallest absolute Gasteiger partial charge is 0.311 e. The number of hydrogen-bond donors (Lipinski definition) is 1. The molecule has 0 unspecified atom stereocenters. The highest BCUT2D eigenvalue weighted by atomic mass is 16.4. The summed E-state index contributed by atoms with van der Waals surface area (Å²) >= 11 is 0. The van der Waals surface area contributed by atoms with Gasteiger partial charge in [-0.25, -0.2) is 9.97 Å². The van der Waals surface area contributed by atoms with E-state index in [2.05, 4.69) is 9.97 Å². The molecule has 2 fully saturated rings. The van der Waals surface area contributed by atoms with Crippen molar-refractivity contribution in [3.8, 4) is 0 Å². The fraction of sp³-hybridized carbons (Fsp3) is 0.500. The van der Waals surface area contributed by atoms with Gasteiger partial charge in [-0.2, -0.15) is 0 Å². The van der Waals surface area contributed by atoms with Gasteiger partial charge in [0.15, 0.2) is 0 Å². The molecule has 1 N–H and O–H groups in total. The van der Waals surface area contributed by atoms with Gasteiger partial charge in [0.05, 0.1) is 27.8 Å². The first-order valence-corrected chi connectivity index (χ1v) is 9.18. The Morgan fingerprint density at radius 2 is 1.88 bits per heavy atom. The van der Waals surface area contributed by atoms with E-state index in [0.29, 0.717) is 23.9 Å². The molecule has 26 heavy (non-hydrogen) atoms. The zero-order chi connectivity index (χ0) is 18.6. The highest BCUT2D eigenvalue weighted by Gasteiger charge is 2.60. The second-order valence-electron chi connectivity index (χ2n) is 7.58. The third-order valence-corrected chi connectivity index (χ3v) is 6.35. The summed E-state index contributed by atoms with van der Waals surface area (Å²) in [5, 5.41) is 9.80. The van der Waals surface area contributed by atoms with Crippen molar-refractivity contribution in [3.05, 3.63) is 35.2 Å². The maximum Gasteiger partial charge on any atom is 0.311 e. The number of nitrogens with zero attached hydrogens (tertiary/aromatic N) is 3. The highest BCUT2D eigenvalue weighted by molar-refractivity contribution is 5.98. The summed E-state index contributed by atoms with van der Waals surface area (Å²) in [4.78, 5) is 36.0. The summed E-state index contributed by atoms with van der Waals surface area (Å²) in [5.41, 5.74) is 2.95. The van der Waals surface area contributed by atoms with E-state index in [1.54, 1.807) is 12.1 Å². The van der Waals surface area contributed by atoms with Gasteiger partial charge in [-0.1, -0.05) is 6.92 Å². The van der Waals surface area contributed by atoms with Crippen LogP contribution in [0.2, 0.25) is 0 Å². The van der Waals surface area contributed by atoms with Crippen LogP contribution in [-0.2, 0) is 4.79 Å². The minimum atomic E-state index is -0.803. The molecule has 0 aliphatic carbocycles. The van der Waals surface area contributed by atoms with Gasteiger partial charge in [0.25, 0.3) is 5.91 Å². The van der Waals surface area contributed by atoms with Crippen LogP contribution in [0, 0.1) is 19.3 Å². The first kappa shape index (κ1) is 16.9. The summed E-state index contributed by atoms with van der Waals surface area (Å²) < 4.78 is 0. The molecule has 136 valence electrons. The van der Waals surface area contributed by atoms with Gasteiger partial charge in [-0.15, -0.1) is 0 Å². The Kier molecular flexibility index (Phi) is 3.75. The quantitative estimate of drug-likeness (QED) is 0.917. The number of carboxylic acids is 1. The topological polar surface area (TPSA) is 83.4 Å². The van der Waals surface area contributed by atoms with E-state index < -0.39 is 11.4 Å². The number of aliphatic carboxylic acids is 1. The van der Waals surface area contributed by atoms with Crippen molar-refractivity contribution in [2.24, 2.45) is 5.41 Å². The number of carboxylic acid groups (broad SMARTS) is 1. The number of hydrogen-bond acceptors (Lipinski definition) is 4. The Morgan fingerprint density at radius 3 is 2.50 bits per heavy atom. The molecule has 0 radical (unpaired) electrons. The summed E-state index contributed by atoms with van der Waals surface area (Å²) in [6, 6.07) is 5.18. The molecule has 6 heteroatoms. The second-order valence-corrected chi connectivity index (χ2v) is 7.58. The predicted octanol–water partition coefficient (Wildman–Crippen LogP) is 3.10. The molecule has 3 atom stereocenters. The molecule has 4 rings (SSSR count). The van der Waals surface area contributed by atoms with E-state index in [9.17, 15) is 14.7 Å². The normalized spacial score (nSPS) is 27.3. The summed E-state index contributed by atoms with van der Waals surface area (Å²) in [6.07, 6.45) is 2.76. The Hall–Kier alpha value is -2.50. The number of amides is 1. The molecule has 1 aromatic heterocycles. The van der Waals surface area contributed by atoms with Gasteiger partial charge in [0, 0.05) is 17.6 Å². The van der Waals surface area contributed by atoms with Crippen LogP contribution in [0.1, 0.15) is 54.4 Å². The van der Waals surface area contributed by atoms with Crippen LogP contribution >= 0.6 is 0 Å². The summed E-state index contributed by atoms with van der Waals surface area (Å²) in [6.45, 7) is 5.73. The SMILES string of the molecule is CC[C@@]1(C(=O)O)C[C@@H]2CC[C@H]1N2C(=O)c1ccc2nc(C)c(C)nc2c1. The minimum absolute atomic E-state index is 0.0186. The van der Waals surface area contributed by atoms with Crippen molar-refractivity contribution < 1.29 is 14.7 Å². The zero-order valence-corrected chi connectivity index (χ0v) is 15.3. The Balaban J connectivity index is 1.71. The second kappa shape index (κ2) is 5.76. The van der Waals surface area contributed by atoms with Crippen LogP contribution in [-0.4, -0.2) is 43.9 Å². The van der Waals surface area contributed by atoms with Crippen molar-refractivity contribution in [2.45, 2.75) is 58.5 Å². The Bertz CT molecular complexity index is 926. The van der Waals surface area contributed by atoms with E-state index in [1.165, 1.54) is 0 Å². The lowest BCUT2D eigenvalue weighted by atomic mass is 9.72. The van der Waals surface area contributed by atoms with E-state index in [4.69, 9.17) is 0 Å². The molecular formula is C20H23N3O3. The summed E-state index contributed by atoms with van der Waals surface area (Å²) in [7, 11) is 0. The van der Waals surface area contributed by atoms with Gasteiger partial charge < -0.3 is 10.0 Å². The van der Waals surface area contributed by atoms with E-state index in [0.717, 1.165) is 29.7 Å². The lowest BCUT2D eigenvalue weighted by Crippen LogP contribution is -2.44. The van der Waals surface area contributed by atoms with Crippen molar-refractivity contribution in [3.63, 3.8) is 0 Å². The number of carbonyl (C=O) groups is 2. The molecular weight excluding hydrogens is 330 g/mol.